The second-order valence-corrected chi connectivity index (χ2v) is 7.56. The minimum absolute atomic E-state index is 0.0693. The molecular formula is C23H28N2O3. The lowest BCUT2D eigenvalue weighted by Gasteiger charge is -2.18. The molecule has 2 aromatic carbocycles. The molecule has 2 aromatic rings. The summed E-state index contributed by atoms with van der Waals surface area (Å²) in [6, 6.07) is 14.4. The molecule has 148 valence electrons. The summed E-state index contributed by atoms with van der Waals surface area (Å²) in [7, 11) is 0. The van der Waals surface area contributed by atoms with Crippen molar-refractivity contribution in [3.8, 4) is 11.5 Å². The van der Waals surface area contributed by atoms with Crippen LogP contribution in [0.5, 0.6) is 11.5 Å². The van der Waals surface area contributed by atoms with E-state index in [2.05, 4.69) is 34.5 Å². The minimum atomic E-state index is 0.0693. The monoisotopic (exact) mass is 380 g/mol. The van der Waals surface area contributed by atoms with Crippen LogP contribution < -0.4 is 14.8 Å². The largest absolute Gasteiger partial charge is 0.486 e. The molecule has 2 heterocycles. The van der Waals surface area contributed by atoms with Gasteiger partial charge in [0.05, 0.1) is 0 Å². The standard InChI is InChI=1S/C23H28N2O3/c26-23(9-7-18-6-8-21-22(15-18)28-13-12-27-21)24-16-19-4-3-5-20(14-19)17-25-10-1-2-11-25/h3-6,8,14-15H,1-2,7,9-13,16-17H2,(H,24,26). The topological polar surface area (TPSA) is 50.8 Å². The summed E-state index contributed by atoms with van der Waals surface area (Å²) in [5.74, 6) is 1.63. The Kier molecular flexibility index (Phi) is 6.12. The first-order valence-electron chi connectivity index (χ1n) is 10.2. The van der Waals surface area contributed by atoms with Crippen molar-refractivity contribution in [3.63, 3.8) is 0 Å². The molecule has 1 fully saturated rings. The lowest BCUT2D eigenvalue weighted by Crippen LogP contribution is -2.23. The van der Waals surface area contributed by atoms with E-state index in [9.17, 15) is 4.79 Å². The minimum Gasteiger partial charge on any atom is -0.486 e. The van der Waals surface area contributed by atoms with Crippen molar-refractivity contribution in [2.45, 2.75) is 38.8 Å². The van der Waals surface area contributed by atoms with Crippen molar-refractivity contribution in [3.05, 3.63) is 59.2 Å². The van der Waals surface area contributed by atoms with Crippen LogP contribution in [0.3, 0.4) is 0 Å². The summed E-state index contributed by atoms with van der Waals surface area (Å²) < 4.78 is 11.1. The summed E-state index contributed by atoms with van der Waals surface area (Å²) >= 11 is 0. The van der Waals surface area contributed by atoms with E-state index in [-0.39, 0.29) is 5.91 Å². The molecule has 0 aliphatic carbocycles. The number of carbonyl (C=O) groups is 1. The Morgan fingerprint density at radius 3 is 2.57 bits per heavy atom. The highest BCUT2D eigenvalue weighted by Crippen LogP contribution is 2.31. The number of hydrogen-bond acceptors (Lipinski definition) is 4. The van der Waals surface area contributed by atoms with Crippen molar-refractivity contribution in [2.75, 3.05) is 26.3 Å². The van der Waals surface area contributed by atoms with E-state index in [1.807, 2.05) is 18.2 Å². The molecule has 5 nitrogen and oxygen atoms in total. The second kappa shape index (κ2) is 9.11. The van der Waals surface area contributed by atoms with Gasteiger partial charge in [-0.2, -0.15) is 0 Å². The summed E-state index contributed by atoms with van der Waals surface area (Å²) in [4.78, 5) is 14.8. The third-order valence-electron chi connectivity index (χ3n) is 5.33. The maximum Gasteiger partial charge on any atom is 0.220 e. The summed E-state index contributed by atoms with van der Waals surface area (Å²) in [6.45, 7) is 5.14. The van der Waals surface area contributed by atoms with Crippen LogP contribution in [0.25, 0.3) is 0 Å². The molecule has 0 atom stereocenters. The maximum absolute atomic E-state index is 12.3. The number of aryl methyl sites for hydroxylation is 1. The van der Waals surface area contributed by atoms with Gasteiger partial charge in [-0.25, -0.2) is 0 Å². The number of nitrogens with zero attached hydrogens (tertiary/aromatic N) is 1. The Hall–Kier alpha value is -2.53. The number of amides is 1. The van der Waals surface area contributed by atoms with Gasteiger partial charge >= 0.3 is 0 Å². The van der Waals surface area contributed by atoms with Crippen LogP contribution >= 0.6 is 0 Å². The van der Waals surface area contributed by atoms with Gasteiger partial charge < -0.3 is 14.8 Å². The SMILES string of the molecule is O=C(CCc1ccc2c(c1)OCCO2)NCc1cccc(CN2CCCC2)c1. The molecule has 4 rings (SSSR count). The zero-order valence-corrected chi connectivity index (χ0v) is 16.3. The number of fused-ring (bicyclic) bond motifs is 1. The summed E-state index contributed by atoms with van der Waals surface area (Å²) in [5, 5.41) is 3.04. The van der Waals surface area contributed by atoms with Crippen LogP contribution in [0.15, 0.2) is 42.5 Å². The normalized spacial score (nSPS) is 16.1. The average Bonchev–Trinajstić information content (AvgIpc) is 3.24. The van der Waals surface area contributed by atoms with Crippen molar-refractivity contribution in [1.82, 2.24) is 10.2 Å². The van der Waals surface area contributed by atoms with Gasteiger partial charge in [-0.3, -0.25) is 9.69 Å². The number of likely N-dealkylation sites (tertiary alicyclic amines) is 1. The van der Waals surface area contributed by atoms with Gasteiger partial charge in [0.25, 0.3) is 0 Å². The molecule has 0 bridgehead atoms. The zero-order valence-electron chi connectivity index (χ0n) is 16.3. The van der Waals surface area contributed by atoms with E-state index >= 15 is 0 Å². The Labute approximate surface area is 166 Å². The van der Waals surface area contributed by atoms with Crippen LogP contribution in [0, 0.1) is 0 Å². The average molecular weight is 380 g/mol. The molecular weight excluding hydrogens is 352 g/mol. The first-order valence-corrected chi connectivity index (χ1v) is 10.2. The molecule has 0 aromatic heterocycles. The quantitative estimate of drug-likeness (QED) is 0.801. The summed E-state index contributed by atoms with van der Waals surface area (Å²) in [6.07, 6.45) is 3.77. The Bertz CT molecular complexity index is 815. The van der Waals surface area contributed by atoms with Crippen LogP contribution in [0.2, 0.25) is 0 Å². The predicted octanol–water partition coefficient (Wildman–Crippen LogP) is 3.30. The lowest BCUT2D eigenvalue weighted by molar-refractivity contribution is -0.121. The van der Waals surface area contributed by atoms with Gasteiger partial charge in [0, 0.05) is 19.5 Å². The van der Waals surface area contributed by atoms with Gasteiger partial charge in [0.15, 0.2) is 11.5 Å². The Morgan fingerprint density at radius 2 is 1.71 bits per heavy atom. The lowest BCUT2D eigenvalue weighted by atomic mass is 10.1. The van der Waals surface area contributed by atoms with Crippen LogP contribution in [0.1, 0.15) is 36.0 Å². The van der Waals surface area contributed by atoms with Gasteiger partial charge in [-0.1, -0.05) is 30.3 Å². The van der Waals surface area contributed by atoms with Crippen molar-refractivity contribution < 1.29 is 14.3 Å². The van der Waals surface area contributed by atoms with Crippen molar-refractivity contribution >= 4 is 5.91 Å². The molecule has 0 saturated carbocycles. The number of ether oxygens (including phenoxy) is 2. The fourth-order valence-corrected chi connectivity index (χ4v) is 3.83. The third-order valence-corrected chi connectivity index (χ3v) is 5.33. The molecule has 0 radical (unpaired) electrons. The number of nitrogens with one attached hydrogen (secondary N) is 1. The van der Waals surface area contributed by atoms with E-state index in [4.69, 9.17) is 9.47 Å². The Balaban J connectivity index is 1.24. The smallest absolute Gasteiger partial charge is 0.220 e. The molecule has 2 aliphatic rings. The summed E-state index contributed by atoms with van der Waals surface area (Å²) in [5.41, 5.74) is 3.57. The van der Waals surface area contributed by atoms with Gasteiger partial charge in [-0.15, -0.1) is 0 Å². The molecule has 0 unspecified atom stereocenters. The van der Waals surface area contributed by atoms with Gasteiger partial charge in [-0.05, 0) is 61.2 Å². The van der Waals surface area contributed by atoms with Gasteiger partial charge in [0.1, 0.15) is 13.2 Å². The van der Waals surface area contributed by atoms with Crippen molar-refractivity contribution in [2.24, 2.45) is 0 Å². The van der Waals surface area contributed by atoms with Crippen molar-refractivity contribution in [1.29, 1.82) is 0 Å². The fraction of sp³-hybridized carbons (Fsp3) is 0.435. The second-order valence-electron chi connectivity index (χ2n) is 7.56. The molecule has 2 aliphatic heterocycles. The Morgan fingerprint density at radius 1 is 0.929 bits per heavy atom. The highest BCUT2D eigenvalue weighted by atomic mass is 16.6. The predicted molar refractivity (Wildman–Crippen MR) is 109 cm³/mol. The van der Waals surface area contributed by atoms with Crippen LogP contribution in [-0.4, -0.2) is 37.1 Å². The zero-order chi connectivity index (χ0) is 19.2. The maximum atomic E-state index is 12.3. The number of rotatable bonds is 7. The van der Waals surface area contributed by atoms with E-state index in [0.717, 1.165) is 29.2 Å². The number of benzene rings is 2. The number of carbonyl (C=O) groups excluding carboxylic acids is 1. The highest BCUT2D eigenvalue weighted by Gasteiger charge is 2.13. The molecule has 28 heavy (non-hydrogen) atoms. The molecule has 0 spiro atoms. The van der Waals surface area contributed by atoms with Crippen LogP contribution in [0.4, 0.5) is 0 Å². The number of hydrogen-bond donors (Lipinski definition) is 1. The van der Waals surface area contributed by atoms with E-state index in [0.29, 0.717) is 32.6 Å². The van der Waals surface area contributed by atoms with E-state index < -0.39 is 0 Å². The van der Waals surface area contributed by atoms with E-state index in [1.165, 1.54) is 31.5 Å². The molecule has 5 heteroatoms. The fourth-order valence-electron chi connectivity index (χ4n) is 3.83. The van der Waals surface area contributed by atoms with Gasteiger partial charge in [0.2, 0.25) is 5.91 Å². The third kappa shape index (κ3) is 5.04. The first kappa shape index (κ1) is 18.8. The first-order chi connectivity index (χ1) is 13.8. The molecule has 1 amide bonds. The van der Waals surface area contributed by atoms with Crippen LogP contribution in [-0.2, 0) is 24.3 Å². The molecule has 1 saturated heterocycles. The highest BCUT2D eigenvalue weighted by molar-refractivity contribution is 5.76. The van der Waals surface area contributed by atoms with E-state index in [1.54, 1.807) is 0 Å². The molecule has 1 N–H and O–H groups in total.